The van der Waals surface area contributed by atoms with Gasteiger partial charge in [0.2, 0.25) is 0 Å². The van der Waals surface area contributed by atoms with E-state index in [1.54, 1.807) is 0 Å². The van der Waals surface area contributed by atoms with E-state index in [0.29, 0.717) is 0 Å². The van der Waals surface area contributed by atoms with E-state index >= 15 is 0 Å². The van der Waals surface area contributed by atoms with Crippen LogP contribution in [0.5, 0.6) is 0 Å². The van der Waals surface area contributed by atoms with Crippen molar-refractivity contribution in [3.05, 3.63) is 282 Å². The summed E-state index contributed by atoms with van der Waals surface area (Å²) in [5.74, 6) is 0. The van der Waals surface area contributed by atoms with Gasteiger partial charge in [-0.15, -0.1) is 0 Å². The molecule has 0 unspecified atom stereocenters. The minimum Gasteiger partial charge on any atom is -0.311 e. The van der Waals surface area contributed by atoms with Gasteiger partial charge in [-0.1, -0.05) is 226 Å². The Morgan fingerprint density at radius 1 is 0.246 bits per heavy atom. The topological polar surface area (TPSA) is 3.24 Å². The van der Waals surface area contributed by atoms with Crippen molar-refractivity contribution < 1.29 is 0 Å². The first-order valence-electron chi connectivity index (χ1n) is 22.8. The van der Waals surface area contributed by atoms with E-state index in [4.69, 9.17) is 0 Å². The summed E-state index contributed by atoms with van der Waals surface area (Å²) in [7, 11) is 0. The van der Waals surface area contributed by atoms with Crippen molar-refractivity contribution in [1.82, 2.24) is 0 Å². The van der Waals surface area contributed by atoms with Gasteiger partial charge in [-0.3, -0.25) is 0 Å². The van der Waals surface area contributed by atoms with E-state index in [9.17, 15) is 0 Å². The average molecular weight is 830 g/mol. The largest absolute Gasteiger partial charge is 0.311 e. The molecule has 0 N–H and O–H groups in total. The van der Waals surface area contributed by atoms with Crippen molar-refractivity contribution in [3.8, 4) is 55.6 Å². The number of fused-ring (bicyclic) bond motifs is 9. The van der Waals surface area contributed by atoms with Crippen LogP contribution < -0.4 is 4.90 Å². The van der Waals surface area contributed by atoms with E-state index in [2.05, 4.69) is 267 Å². The summed E-state index contributed by atoms with van der Waals surface area (Å²) in [5.41, 5.74) is 23.3. The molecule has 0 saturated carbocycles. The molecular formula is C64H47N. The van der Waals surface area contributed by atoms with Crippen LogP contribution in [-0.2, 0) is 10.8 Å². The molecule has 0 amide bonds. The minimum atomic E-state index is -0.427. The Hall–Kier alpha value is -8.00. The Kier molecular flexibility index (Phi) is 9.14. The average Bonchev–Trinajstić information content (AvgIpc) is 3.68. The zero-order valence-electron chi connectivity index (χ0n) is 36.6. The van der Waals surface area contributed by atoms with Crippen LogP contribution in [0.1, 0.15) is 47.2 Å². The zero-order valence-corrected chi connectivity index (χ0v) is 36.6. The zero-order chi connectivity index (χ0) is 43.5. The van der Waals surface area contributed by atoms with Gasteiger partial charge in [0.05, 0.1) is 5.41 Å². The Bertz CT molecular complexity index is 3290. The highest BCUT2D eigenvalue weighted by atomic mass is 15.1. The van der Waals surface area contributed by atoms with Gasteiger partial charge in [0.25, 0.3) is 0 Å². The lowest BCUT2D eigenvalue weighted by molar-refractivity contribution is 0.563. The summed E-state index contributed by atoms with van der Waals surface area (Å²) in [6.07, 6.45) is 0. The standard InChI is InChI=1S/C64H47N/c1-63(2)57-23-11-13-25-59(57)64(60-26-14-12-24-58(60)63)56-22-10-9-20-55(56)62-54(21-15-27-61(62)64)50-36-42-53(43-37-50)65(51-38-32-48(33-39-51)45-18-7-4-8-19-45)52-40-34-49(35-41-52)47-30-28-46(29-31-47)44-16-5-3-6-17-44/h3-43H,1-2H3. The van der Waals surface area contributed by atoms with Crippen molar-refractivity contribution in [2.24, 2.45) is 0 Å². The molecule has 1 heteroatoms. The Morgan fingerprint density at radius 3 is 1.03 bits per heavy atom. The molecule has 1 nitrogen and oxygen atoms in total. The molecule has 65 heavy (non-hydrogen) atoms. The van der Waals surface area contributed by atoms with Gasteiger partial charge >= 0.3 is 0 Å². The van der Waals surface area contributed by atoms with E-state index in [1.165, 1.54) is 89.0 Å². The third-order valence-corrected chi connectivity index (χ3v) is 14.2. The molecule has 2 aliphatic carbocycles. The van der Waals surface area contributed by atoms with E-state index in [1.807, 2.05) is 0 Å². The highest BCUT2D eigenvalue weighted by Crippen LogP contribution is 2.63. The maximum absolute atomic E-state index is 2.39. The Labute approximate surface area is 382 Å². The highest BCUT2D eigenvalue weighted by Gasteiger charge is 2.53. The van der Waals surface area contributed by atoms with Crippen molar-refractivity contribution >= 4 is 17.1 Å². The molecule has 0 saturated heterocycles. The molecule has 12 rings (SSSR count). The first-order chi connectivity index (χ1) is 32.0. The number of nitrogens with zero attached hydrogens (tertiary/aromatic N) is 1. The minimum absolute atomic E-state index is 0.133. The van der Waals surface area contributed by atoms with Crippen LogP contribution in [0.15, 0.2) is 249 Å². The van der Waals surface area contributed by atoms with Crippen LogP contribution in [0.2, 0.25) is 0 Å². The van der Waals surface area contributed by atoms with Crippen LogP contribution in [-0.4, -0.2) is 0 Å². The molecule has 0 aromatic heterocycles. The first-order valence-corrected chi connectivity index (χ1v) is 22.8. The number of anilines is 3. The highest BCUT2D eigenvalue weighted by molar-refractivity contribution is 5.97. The van der Waals surface area contributed by atoms with E-state index in [-0.39, 0.29) is 5.41 Å². The summed E-state index contributed by atoms with van der Waals surface area (Å²) >= 11 is 0. The number of rotatable bonds is 7. The van der Waals surface area contributed by atoms with E-state index in [0.717, 1.165) is 17.1 Å². The van der Waals surface area contributed by atoms with Crippen LogP contribution in [0, 0.1) is 0 Å². The number of hydrogen-bond donors (Lipinski definition) is 0. The van der Waals surface area contributed by atoms with Crippen molar-refractivity contribution in [1.29, 1.82) is 0 Å². The molecule has 0 radical (unpaired) electrons. The van der Waals surface area contributed by atoms with Gasteiger partial charge in [-0.25, -0.2) is 0 Å². The normalized spacial score (nSPS) is 13.6. The van der Waals surface area contributed by atoms with Crippen molar-refractivity contribution in [2.75, 3.05) is 4.90 Å². The van der Waals surface area contributed by atoms with Crippen LogP contribution in [0.3, 0.4) is 0 Å². The Balaban J connectivity index is 0.957. The molecule has 10 aromatic rings. The van der Waals surface area contributed by atoms with Crippen molar-refractivity contribution in [2.45, 2.75) is 24.7 Å². The van der Waals surface area contributed by atoms with Gasteiger partial charge in [0, 0.05) is 22.5 Å². The fourth-order valence-electron chi connectivity index (χ4n) is 11.1. The van der Waals surface area contributed by atoms with Gasteiger partial charge in [-0.2, -0.15) is 0 Å². The maximum Gasteiger partial charge on any atom is 0.0719 e. The molecule has 0 fully saturated rings. The van der Waals surface area contributed by atoms with E-state index < -0.39 is 5.41 Å². The summed E-state index contributed by atoms with van der Waals surface area (Å²) < 4.78 is 0. The van der Waals surface area contributed by atoms with Crippen LogP contribution in [0.4, 0.5) is 17.1 Å². The van der Waals surface area contributed by atoms with Crippen molar-refractivity contribution in [3.63, 3.8) is 0 Å². The Morgan fingerprint density at radius 2 is 0.569 bits per heavy atom. The maximum atomic E-state index is 2.39. The van der Waals surface area contributed by atoms with Gasteiger partial charge < -0.3 is 4.90 Å². The third-order valence-electron chi connectivity index (χ3n) is 14.2. The summed E-state index contributed by atoms with van der Waals surface area (Å²) in [4.78, 5) is 2.37. The summed E-state index contributed by atoms with van der Waals surface area (Å²) in [6, 6.07) is 91.7. The fourth-order valence-corrected chi connectivity index (χ4v) is 11.1. The molecule has 2 aliphatic rings. The first kappa shape index (κ1) is 38.7. The quantitative estimate of drug-likeness (QED) is 0.155. The second kappa shape index (κ2) is 15.4. The molecule has 0 bridgehead atoms. The predicted molar refractivity (Wildman–Crippen MR) is 272 cm³/mol. The molecule has 0 aliphatic heterocycles. The lowest BCUT2D eigenvalue weighted by Gasteiger charge is -2.46. The third kappa shape index (κ3) is 6.15. The lowest BCUT2D eigenvalue weighted by atomic mass is 9.55. The SMILES string of the molecule is CC1(C)c2ccccc2C2(c3ccccc3-c3c(-c4ccc(N(c5ccc(-c6ccccc6)cc5)c5ccc(-c6ccc(-c7ccccc7)cc6)cc5)cc4)cccc32)c2ccccc21. The molecule has 0 atom stereocenters. The van der Waals surface area contributed by atoms with Gasteiger partial charge in [-0.05, 0) is 125 Å². The predicted octanol–water partition coefficient (Wildman–Crippen LogP) is 16.8. The monoisotopic (exact) mass is 829 g/mol. The molecule has 1 spiro atoms. The molecule has 10 aromatic carbocycles. The fraction of sp³-hybridized carbons (Fsp3) is 0.0625. The molecular weight excluding hydrogens is 783 g/mol. The van der Waals surface area contributed by atoms with Gasteiger partial charge in [0.1, 0.15) is 0 Å². The number of benzene rings is 10. The lowest BCUT2D eigenvalue weighted by Crippen LogP contribution is -2.40. The van der Waals surface area contributed by atoms with Crippen LogP contribution in [0.25, 0.3) is 55.6 Å². The summed E-state index contributed by atoms with van der Waals surface area (Å²) in [5, 5.41) is 0. The molecule has 0 heterocycles. The molecule has 308 valence electrons. The smallest absolute Gasteiger partial charge is 0.0719 e. The van der Waals surface area contributed by atoms with Crippen LogP contribution >= 0.6 is 0 Å². The summed E-state index contributed by atoms with van der Waals surface area (Å²) in [6.45, 7) is 4.77. The second-order valence-corrected chi connectivity index (χ2v) is 18.0. The number of hydrogen-bond acceptors (Lipinski definition) is 1. The van der Waals surface area contributed by atoms with Gasteiger partial charge in [0.15, 0.2) is 0 Å². The second-order valence-electron chi connectivity index (χ2n) is 18.0.